The molecule has 0 spiro atoms. The lowest BCUT2D eigenvalue weighted by Gasteiger charge is -2.30. The molecule has 1 saturated heterocycles. The zero-order valence-corrected chi connectivity index (χ0v) is 12.0. The van der Waals surface area contributed by atoms with Crippen LogP contribution in [0.5, 0.6) is 0 Å². The second kappa shape index (κ2) is 5.94. The van der Waals surface area contributed by atoms with E-state index in [-0.39, 0.29) is 18.1 Å². The second-order valence-corrected chi connectivity index (χ2v) is 5.76. The molecule has 1 amide bonds. The zero-order valence-electron chi connectivity index (χ0n) is 12.0. The highest BCUT2D eigenvalue weighted by Crippen LogP contribution is 2.18. The van der Waals surface area contributed by atoms with Gasteiger partial charge in [-0.25, -0.2) is 0 Å². The summed E-state index contributed by atoms with van der Waals surface area (Å²) in [6.45, 7) is 2.32. The van der Waals surface area contributed by atoms with Crippen LogP contribution >= 0.6 is 0 Å². The molecule has 0 radical (unpaired) electrons. The number of benzene rings is 1. The number of amides is 1. The topological polar surface area (TPSA) is 41.6 Å². The maximum atomic E-state index is 12.5. The third-order valence-electron chi connectivity index (χ3n) is 4.26. The molecule has 1 unspecified atom stereocenters. The van der Waals surface area contributed by atoms with Gasteiger partial charge in [-0.3, -0.25) is 4.79 Å². The Morgan fingerprint density at radius 1 is 1.40 bits per heavy atom. The van der Waals surface area contributed by atoms with Gasteiger partial charge in [-0.15, -0.1) is 0 Å². The number of likely N-dealkylation sites (N-methyl/N-ethyl adjacent to an activating group) is 1. The minimum absolute atomic E-state index is 0.101. The Kier molecular flexibility index (Phi) is 4.03. The lowest BCUT2D eigenvalue weighted by molar-refractivity contribution is -0.133. The van der Waals surface area contributed by atoms with Crippen LogP contribution in [0.2, 0.25) is 0 Å². The van der Waals surface area contributed by atoms with Crippen molar-refractivity contribution in [1.29, 1.82) is 0 Å². The van der Waals surface area contributed by atoms with E-state index in [4.69, 9.17) is 4.74 Å². The van der Waals surface area contributed by atoms with Crippen molar-refractivity contribution in [1.82, 2.24) is 10.2 Å². The van der Waals surface area contributed by atoms with Crippen molar-refractivity contribution < 1.29 is 9.53 Å². The highest BCUT2D eigenvalue weighted by molar-refractivity contribution is 5.82. The molecule has 1 aromatic carbocycles. The van der Waals surface area contributed by atoms with Crippen LogP contribution in [0.3, 0.4) is 0 Å². The van der Waals surface area contributed by atoms with Crippen LogP contribution < -0.4 is 5.32 Å². The first-order valence-electron chi connectivity index (χ1n) is 7.41. The fourth-order valence-electron chi connectivity index (χ4n) is 3.08. The summed E-state index contributed by atoms with van der Waals surface area (Å²) in [5, 5.41) is 3.35. The fourth-order valence-corrected chi connectivity index (χ4v) is 3.08. The van der Waals surface area contributed by atoms with Gasteiger partial charge in [-0.1, -0.05) is 24.3 Å². The van der Waals surface area contributed by atoms with Gasteiger partial charge in [0.1, 0.15) is 0 Å². The Morgan fingerprint density at radius 2 is 2.20 bits per heavy atom. The van der Waals surface area contributed by atoms with Gasteiger partial charge in [0.2, 0.25) is 5.91 Å². The summed E-state index contributed by atoms with van der Waals surface area (Å²) in [5.74, 6) is 0.176. The largest absolute Gasteiger partial charge is 0.376 e. The number of hydrogen-bond donors (Lipinski definition) is 1. The molecule has 1 fully saturated rings. The molecule has 0 aliphatic carbocycles. The Morgan fingerprint density at radius 3 is 2.95 bits per heavy atom. The van der Waals surface area contributed by atoms with Gasteiger partial charge >= 0.3 is 0 Å². The number of ether oxygens (including phenoxy) is 1. The second-order valence-electron chi connectivity index (χ2n) is 5.76. The summed E-state index contributed by atoms with van der Waals surface area (Å²) < 4.78 is 5.60. The van der Waals surface area contributed by atoms with Gasteiger partial charge in [0.05, 0.1) is 12.1 Å². The van der Waals surface area contributed by atoms with Crippen molar-refractivity contribution in [2.45, 2.75) is 38.0 Å². The van der Waals surface area contributed by atoms with Crippen LogP contribution in [0.1, 0.15) is 24.0 Å². The molecule has 2 atom stereocenters. The maximum Gasteiger partial charge on any atom is 0.239 e. The van der Waals surface area contributed by atoms with Crippen molar-refractivity contribution in [3.63, 3.8) is 0 Å². The third-order valence-corrected chi connectivity index (χ3v) is 4.26. The van der Waals surface area contributed by atoms with Crippen molar-refractivity contribution in [3.8, 4) is 0 Å². The van der Waals surface area contributed by atoms with Gasteiger partial charge in [-0.2, -0.15) is 0 Å². The fraction of sp³-hybridized carbons (Fsp3) is 0.562. The molecular formula is C16H22N2O2. The van der Waals surface area contributed by atoms with E-state index in [0.29, 0.717) is 6.54 Å². The molecule has 0 aromatic heterocycles. The number of rotatable bonds is 3. The van der Waals surface area contributed by atoms with E-state index in [9.17, 15) is 4.79 Å². The highest BCUT2D eigenvalue weighted by atomic mass is 16.5. The quantitative estimate of drug-likeness (QED) is 0.904. The van der Waals surface area contributed by atoms with Crippen LogP contribution in [0.25, 0.3) is 0 Å². The standard InChI is InChI=1S/C16H22N2O2/c1-18(11-14-7-4-8-20-14)16(19)15-9-12-5-2-3-6-13(12)10-17-15/h2-3,5-6,14-15,17H,4,7-11H2,1H3/t14?,15-/m0/s1. The maximum absolute atomic E-state index is 12.5. The minimum atomic E-state index is -0.101. The average Bonchev–Trinajstić information content (AvgIpc) is 2.99. The molecule has 3 rings (SSSR count). The molecule has 0 saturated carbocycles. The molecule has 4 heteroatoms. The van der Waals surface area contributed by atoms with E-state index < -0.39 is 0 Å². The Bertz CT molecular complexity index is 483. The predicted molar refractivity (Wildman–Crippen MR) is 77.4 cm³/mol. The molecule has 1 aromatic rings. The van der Waals surface area contributed by atoms with E-state index in [1.54, 1.807) is 0 Å². The molecule has 0 bridgehead atoms. The molecule has 2 heterocycles. The van der Waals surface area contributed by atoms with Gasteiger partial charge in [0.25, 0.3) is 0 Å². The minimum Gasteiger partial charge on any atom is -0.376 e. The van der Waals surface area contributed by atoms with Crippen molar-refractivity contribution >= 4 is 5.91 Å². The first-order chi connectivity index (χ1) is 9.74. The monoisotopic (exact) mass is 274 g/mol. The molecule has 2 aliphatic rings. The van der Waals surface area contributed by atoms with E-state index in [1.165, 1.54) is 11.1 Å². The summed E-state index contributed by atoms with van der Waals surface area (Å²) >= 11 is 0. The van der Waals surface area contributed by atoms with Crippen LogP contribution in [0.4, 0.5) is 0 Å². The number of hydrogen-bond acceptors (Lipinski definition) is 3. The lowest BCUT2D eigenvalue weighted by atomic mass is 9.95. The number of fused-ring (bicyclic) bond motifs is 1. The number of nitrogens with one attached hydrogen (secondary N) is 1. The Labute approximate surface area is 120 Å². The molecule has 1 N–H and O–H groups in total. The summed E-state index contributed by atoms with van der Waals surface area (Å²) in [7, 11) is 1.88. The SMILES string of the molecule is CN(CC1CCCO1)C(=O)[C@@H]1Cc2ccccc2CN1. The number of carbonyl (C=O) groups is 1. The van der Waals surface area contributed by atoms with Crippen molar-refractivity contribution in [3.05, 3.63) is 35.4 Å². The predicted octanol–water partition coefficient (Wildman–Crippen LogP) is 1.34. The van der Waals surface area contributed by atoms with E-state index in [2.05, 4.69) is 17.4 Å². The normalized spacial score (nSPS) is 25.2. The first-order valence-corrected chi connectivity index (χ1v) is 7.41. The summed E-state index contributed by atoms with van der Waals surface area (Å²) in [6.07, 6.45) is 3.19. The molecule has 20 heavy (non-hydrogen) atoms. The van der Waals surface area contributed by atoms with Gasteiger partial charge in [0, 0.05) is 26.7 Å². The zero-order chi connectivity index (χ0) is 13.9. The highest BCUT2D eigenvalue weighted by Gasteiger charge is 2.28. The van der Waals surface area contributed by atoms with Gasteiger partial charge in [-0.05, 0) is 30.4 Å². The first kappa shape index (κ1) is 13.6. The van der Waals surface area contributed by atoms with Crippen LogP contribution in [0, 0.1) is 0 Å². The lowest BCUT2D eigenvalue weighted by Crippen LogP contribution is -2.49. The van der Waals surface area contributed by atoms with Crippen molar-refractivity contribution in [2.24, 2.45) is 0 Å². The van der Waals surface area contributed by atoms with Crippen LogP contribution in [-0.2, 0) is 22.5 Å². The molecule has 4 nitrogen and oxygen atoms in total. The van der Waals surface area contributed by atoms with E-state index in [0.717, 1.165) is 32.4 Å². The molecule has 2 aliphatic heterocycles. The average molecular weight is 274 g/mol. The van der Waals surface area contributed by atoms with Crippen molar-refractivity contribution in [2.75, 3.05) is 20.2 Å². The summed E-state index contributed by atoms with van der Waals surface area (Å²) in [5.41, 5.74) is 2.59. The number of carbonyl (C=O) groups excluding carboxylic acids is 1. The summed E-state index contributed by atoms with van der Waals surface area (Å²) in [4.78, 5) is 14.3. The van der Waals surface area contributed by atoms with Crippen LogP contribution in [0.15, 0.2) is 24.3 Å². The summed E-state index contributed by atoms with van der Waals surface area (Å²) in [6, 6.07) is 8.24. The van der Waals surface area contributed by atoms with E-state index in [1.807, 2.05) is 24.1 Å². The number of nitrogens with zero attached hydrogens (tertiary/aromatic N) is 1. The Hall–Kier alpha value is -1.39. The third kappa shape index (κ3) is 2.86. The van der Waals surface area contributed by atoms with Crippen LogP contribution in [-0.4, -0.2) is 43.2 Å². The van der Waals surface area contributed by atoms with E-state index >= 15 is 0 Å². The molecular weight excluding hydrogens is 252 g/mol. The Balaban J connectivity index is 1.60. The molecule has 108 valence electrons. The van der Waals surface area contributed by atoms with Gasteiger partial charge < -0.3 is 15.0 Å². The van der Waals surface area contributed by atoms with Gasteiger partial charge in [0.15, 0.2) is 0 Å². The smallest absolute Gasteiger partial charge is 0.239 e.